The van der Waals surface area contributed by atoms with Crippen LogP contribution in [0.25, 0.3) is 20.7 Å². The predicted molar refractivity (Wildman–Crippen MR) is 93.1 cm³/mol. The van der Waals surface area contributed by atoms with Crippen molar-refractivity contribution in [1.82, 2.24) is 25.1 Å². The molecule has 8 heteroatoms. The van der Waals surface area contributed by atoms with Gasteiger partial charge in [0.25, 0.3) is 5.56 Å². The molecule has 4 heterocycles. The Hall–Kier alpha value is -2.03. The van der Waals surface area contributed by atoms with Gasteiger partial charge in [-0.3, -0.25) is 14.8 Å². The SMILES string of the molecule is Cc1[nH]ncc1-c1cc2nc(CN3CCC[C@@H]3CO)[nH]c(=O)c2s1. The predicted octanol–water partition coefficient (Wildman–Crippen LogP) is 1.64. The first-order chi connectivity index (χ1) is 11.7. The molecule has 4 rings (SSSR count). The number of nitrogens with zero attached hydrogens (tertiary/aromatic N) is 3. The molecule has 126 valence electrons. The van der Waals surface area contributed by atoms with E-state index in [0.717, 1.165) is 35.5 Å². The highest BCUT2D eigenvalue weighted by atomic mass is 32.1. The number of hydrogen-bond donors (Lipinski definition) is 3. The minimum absolute atomic E-state index is 0.104. The third-order valence-electron chi connectivity index (χ3n) is 4.59. The Morgan fingerprint density at radius 3 is 3.12 bits per heavy atom. The Bertz CT molecular complexity index is 928. The zero-order chi connectivity index (χ0) is 16.7. The summed E-state index contributed by atoms with van der Waals surface area (Å²) in [5.41, 5.74) is 2.58. The topological polar surface area (TPSA) is 97.9 Å². The van der Waals surface area contributed by atoms with Gasteiger partial charge in [0, 0.05) is 22.2 Å². The molecule has 1 atom stereocenters. The van der Waals surface area contributed by atoms with Gasteiger partial charge in [0.15, 0.2) is 0 Å². The summed E-state index contributed by atoms with van der Waals surface area (Å²) in [6.45, 7) is 3.59. The van der Waals surface area contributed by atoms with Crippen molar-refractivity contribution >= 4 is 21.6 Å². The number of likely N-dealkylation sites (tertiary alicyclic amines) is 1. The third kappa shape index (κ3) is 2.66. The molecule has 1 fully saturated rings. The van der Waals surface area contributed by atoms with Crippen molar-refractivity contribution < 1.29 is 5.11 Å². The number of aromatic amines is 2. The molecule has 1 aliphatic rings. The summed E-state index contributed by atoms with van der Waals surface area (Å²) in [6.07, 6.45) is 3.83. The highest BCUT2D eigenvalue weighted by Crippen LogP contribution is 2.32. The van der Waals surface area contributed by atoms with Crippen LogP contribution in [0, 0.1) is 6.92 Å². The lowest BCUT2D eigenvalue weighted by Gasteiger charge is -2.21. The fourth-order valence-electron chi connectivity index (χ4n) is 3.30. The maximum Gasteiger partial charge on any atom is 0.268 e. The first-order valence-corrected chi connectivity index (χ1v) is 8.85. The Morgan fingerprint density at radius 2 is 2.38 bits per heavy atom. The molecule has 0 aliphatic carbocycles. The fraction of sp³-hybridized carbons (Fsp3) is 0.438. The largest absolute Gasteiger partial charge is 0.395 e. The number of hydrogen-bond acceptors (Lipinski definition) is 6. The maximum absolute atomic E-state index is 12.4. The lowest BCUT2D eigenvalue weighted by Crippen LogP contribution is -2.32. The van der Waals surface area contributed by atoms with E-state index in [1.165, 1.54) is 11.3 Å². The summed E-state index contributed by atoms with van der Waals surface area (Å²) in [5.74, 6) is 0.654. The number of aliphatic hydroxyl groups excluding tert-OH is 1. The molecule has 1 aliphatic heterocycles. The van der Waals surface area contributed by atoms with Gasteiger partial charge in [0.1, 0.15) is 10.5 Å². The number of thiophene rings is 1. The zero-order valence-corrected chi connectivity index (χ0v) is 14.2. The lowest BCUT2D eigenvalue weighted by molar-refractivity contribution is 0.151. The van der Waals surface area contributed by atoms with Gasteiger partial charge in [-0.25, -0.2) is 4.98 Å². The maximum atomic E-state index is 12.4. The molecule has 0 unspecified atom stereocenters. The van der Waals surface area contributed by atoms with E-state index in [-0.39, 0.29) is 18.2 Å². The van der Waals surface area contributed by atoms with Crippen molar-refractivity contribution in [2.24, 2.45) is 0 Å². The molecule has 3 aromatic rings. The van der Waals surface area contributed by atoms with Gasteiger partial charge in [0.2, 0.25) is 0 Å². The summed E-state index contributed by atoms with van der Waals surface area (Å²) < 4.78 is 0.634. The monoisotopic (exact) mass is 345 g/mol. The van der Waals surface area contributed by atoms with E-state index in [9.17, 15) is 9.90 Å². The standard InChI is InChI=1S/C16H19N5O2S/c1-9-11(6-17-20-9)13-5-12-15(24-13)16(23)19-14(18-12)7-21-4-2-3-10(21)8-22/h5-6,10,22H,2-4,7-8H2,1H3,(H,17,20)(H,18,19,23)/t10-/m1/s1. The second kappa shape index (κ2) is 6.12. The van der Waals surface area contributed by atoms with Crippen molar-refractivity contribution in [3.05, 3.63) is 34.1 Å². The van der Waals surface area contributed by atoms with E-state index in [1.807, 2.05) is 13.0 Å². The van der Waals surface area contributed by atoms with Gasteiger partial charge in [-0.05, 0) is 32.4 Å². The summed E-state index contributed by atoms with van der Waals surface area (Å²) in [5, 5.41) is 16.4. The van der Waals surface area contributed by atoms with Gasteiger partial charge in [-0.2, -0.15) is 5.10 Å². The highest BCUT2D eigenvalue weighted by molar-refractivity contribution is 7.22. The van der Waals surface area contributed by atoms with Crippen LogP contribution < -0.4 is 5.56 Å². The van der Waals surface area contributed by atoms with Crippen LogP contribution >= 0.6 is 11.3 Å². The molecule has 1 saturated heterocycles. The average Bonchev–Trinajstić information content (AvgIpc) is 3.26. The molecule has 0 saturated carbocycles. The van der Waals surface area contributed by atoms with Crippen LogP contribution in [0.1, 0.15) is 24.4 Å². The van der Waals surface area contributed by atoms with Crippen molar-refractivity contribution in [2.45, 2.75) is 32.4 Å². The van der Waals surface area contributed by atoms with E-state index in [1.54, 1.807) is 6.20 Å². The highest BCUT2D eigenvalue weighted by Gasteiger charge is 2.24. The molecule has 0 spiro atoms. The first kappa shape index (κ1) is 15.5. The minimum atomic E-state index is -0.104. The van der Waals surface area contributed by atoms with E-state index in [2.05, 4.69) is 25.1 Å². The van der Waals surface area contributed by atoms with Crippen molar-refractivity contribution in [1.29, 1.82) is 0 Å². The summed E-state index contributed by atoms with van der Waals surface area (Å²) in [4.78, 5) is 23.1. The van der Waals surface area contributed by atoms with Crippen molar-refractivity contribution in [3.63, 3.8) is 0 Å². The van der Waals surface area contributed by atoms with Crippen LogP contribution in [0.3, 0.4) is 0 Å². The quantitative estimate of drug-likeness (QED) is 0.668. The van der Waals surface area contributed by atoms with Crippen molar-refractivity contribution in [3.8, 4) is 10.4 Å². The minimum Gasteiger partial charge on any atom is -0.395 e. The lowest BCUT2D eigenvalue weighted by atomic mass is 10.2. The Morgan fingerprint density at radius 1 is 1.50 bits per heavy atom. The van der Waals surface area contributed by atoms with Gasteiger partial charge in [0.05, 0.1) is 24.9 Å². The van der Waals surface area contributed by atoms with E-state index in [4.69, 9.17) is 0 Å². The van der Waals surface area contributed by atoms with Gasteiger partial charge in [-0.1, -0.05) is 0 Å². The second-order valence-electron chi connectivity index (χ2n) is 6.20. The third-order valence-corrected chi connectivity index (χ3v) is 5.75. The molecular formula is C16H19N5O2S. The van der Waals surface area contributed by atoms with Crippen LogP contribution in [0.15, 0.2) is 17.1 Å². The van der Waals surface area contributed by atoms with E-state index < -0.39 is 0 Å². The Balaban J connectivity index is 1.69. The van der Waals surface area contributed by atoms with Gasteiger partial charge < -0.3 is 10.1 Å². The second-order valence-corrected chi connectivity index (χ2v) is 7.25. The number of aryl methyl sites for hydroxylation is 1. The Labute approximate surface area is 142 Å². The zero-order valence-electron chi connectivity index (χ0n) is 13.4. The average molecular weight is 345 g/mol. The van der Waals surface area contributed by atoms with Gasteiger partial charge in [-0.15, -0.1) is 11.3 Å². The smallest absolute Gasteiger partial charge is 0.268 e. The van der Waals surface area contributed by atoms with Crippen LogP contribution in [0.5, 0.6) is 0 Å². The van der Waals surface area contributed by atoms with E-state index in [0.29, 0.717) is 22.6 Å². The number of aliphatic hydroxyl groups is 1. The molecule has 24 heavy (non-hydrogen) atoms. The molecule has 0 bridgehead atoms. The molecular weight excluding hydrogens is 326 g/mol. The van der Waals surface area contributed by atoms with E-state index >= 15 is 0 Å². The van der Waals surface area contributed by atoms with Gasteiger partial charge >= 0.3 is 0 Å². The Kier molecular flexibility index (Phi) is 3.95. The number of rotatable bonds is 4. The number of H-pyrrole nitrogens is 2. The molecule has 0 radical (unpaired) electrons. The number of nitrogens with one attached hydrogen (secondary N) is 2. The molecule has 0 aromatic carbocycles. The van der Waals surface area contributed by atoms with Crippen molar-refractivity contribution in [2.75, 3.05) is 13.2 Å². The summed E-state index contributed by atoms with van der Waals surface area (Å²) >= 11 is 1.43. The van der Waals surface area contributed by atoms with Crippen LogP contribution in [-0.4, -0.2) is 49.4 Å². The molecule has 7 nitrogen and oxygen atoms in total. The number of fused-ring (bicyclic) bond motifs is 1. The normalized spacial score (nSPS) is 18.7. The summed E-state index contributed by atoms with van der Waals surface area (Å²) in [6, 6.07) is 2.11. The number of aromatic nitrogens is 4. The van der Waals surface area contributed by atoms with Crippen LogP contribution in [-0.2, 0) is 6.54 Å². The van der Waals surface area contributed by atoms with Crippen LogP contribution in [0.4, 0.5) is 0 Å². The summed E-state index contributed by atoms with van der Waals surface area (Å²) in [7, 11) is 0. The first-order valence-electron chi connectivity index (χ1n) is 8.03. The van der Waals surface area contributed by atoms with Crippen LogP contribution in [0.2, 0.25) is 0 Å². The fourth-order valence-corrected chi connectivity index (χ4v) is 4.36. The molecule has 3 aromatic heterocycles. The molecule has 0 amide bonds. The molecule has 3 N–H and O–H groups in total.